The Morgan fingerprint density at radius 3 is 2.10 bits per heavy atom. The minimum Gasteiger partial charge on any atom is -0.337 e. The van der Waals surface area contributed by atoms with Crippen molar-refractivity contribution in [3.8, 4) is 0 Å². The predicted octanol–water partition coefficient (Wildman–Crippen LogP) is 0.603. The Hall–Kier alpha value is -1.00. The molecule has 1 amide bonds. The first-order chi connectivity index (χ1) is 4.43. The van der Waals surface area contributed by atoms with Gasteiger partial charge in [-0.2, -0.15) is 13.2 Å². The van der Waals surface area contributed by atoms with Gasteiger partial charge < -0.3 is 5.32 Å². The minimum atomic E-state index is -4.38. The van der Waals surface area contributed by atoms with E-state index in [2.05, 4.69) is 6.58 Å². The third-order valence-electron chi connectivity index (χ3n) is 1.24. The largest absolute Gasteiger partial charge is 0.413 e. The zero-order valence-corrected chi connectivity index (χ0v) is 4.83. The molecule has 1 atom stereocenters. The molecule has 56 valence electrons. The van der Waals surface area contributed by atoms with Gasteiger partial charge >= 0.3 is 6.18 Å². The van der Waals surface area contributed by atoms with Crippen LogP contribution in [0.4, 0.5) is 13.2 Å². The van der Waals surface area contributed by atoms with Crippen molar-refractivity contribution in [3.05, 3.63) is 12.2 Å². The summed E-state index contributed by atoms with van der Waals surface area (Å²) in [5, 5.41) is 1.67. The highest BCUT2D eigenvalue weighted by molar-refractivity contribution is 6.01. The lowest BCUT2D eigenvalue weighted by molar-refractivity contribution is -0.166. The minimum absolute atomic E-state index is 0.410. The Labute approximate surface area is 54.7 Å². The molecule has 0 saturated carbocycles. The summed E-state index contributed by atoms with van der Waals surface area (Å²) in [5.74, 6) is -0.720. The highest BCUT2D eigenvalue weighted by Crippen LogP contribution is 2.29. The molecule has 10 heavy (non-hydrogen) atoms. The lowest BCUT2D eigenvalue weighted by atomic mass is 10.0. The Balaban J connectivity index is 2.65. The summed E-state index contributed by atoms with van der Waals surface area (Å²) in [6.07, 6.45) is -4.38. The first-order valence-electron chi connectivity index (χ1n) is 2.49. The van der Waals surface area contributed by atoms with Gasteiger partial charge in [-0.3, -0.25) is 4.79 Å². The SMILES string of the molecule is C=C1C(=O)NC1C(F)(F)F. The molecule has 1 N–H and O–H groups in total. The molecule has 5 heteroatoms. The van der Waals surface area contributed by atoms with E-state index in [0.29, 0.717) is 0 Å². The van der Waals surface area contributed by atoms with Gasteiger partial charge in [-0.1, -0.05) is 6.58 Å². The number of alkyl halides is 3. The van der Waals surface area contributed by atoms with E-state index in [1.54, 1.807) is 5.32 Å². The second-order valence-electron chi connectivity index (χ2n) is 1.97. The number of rotatable bonds is 0. The molecule has 1 unspecified atom stereocenters. The molecule has 0 aromatic carbocycles. The molecule has 0 spiro atoms. The quantitative estimate of drug-likeness (QED) is 0.398. The van der Waals surface area contributed by atoms with E-state index >= 15 is 0 Å². The first kappa shape index (κ1) is 7.11. The summed E-state index contributed by atoms with van der Waals surface area (Å²) in [4.78, 5) is 10.2. The molecule has 0 aromatic heterocycles. The van der Waals surface area contributed by atoms with Crippen molar-refractivity contribution < 1.29 is 18.0 Å². The highest BCUT2D eigenvalue weighted by atomic mass is 19.4. The molecular weight excluding hydrogens is 147 g/mol. The summed E-state index contributed by atoms with van der Waals surface area (Å²) in [6.45, 7) is 2.96. The number of hydrogen-bond donors (Lipinski definition) is 1. The molecule has 0 radical (unpaired) electrons. The van der Waals surface area contributed by atoms with Crippen LogP contribution in [0, 0.1) is 0 Å². The van der Waals surface area contributed by atoms with Crippen molar-refractivity contribution in [2.45, 2.75) is 12.2 Å². The number of carbonyl (C=O) groups excluding carboxylic acids is 1. The molecule has 2 nitrogen and oxygen atoms in total. The Kier molecular flexibility index (Phi) is 1.24. The number of β-lactam (4-membered cyclic amide) rings is 1. The zero-order chi connectivity index (χ0) is 7.94. The normalized spacial score (nSPS) is 25.7. The van der Waals surface area contributed by atoms with Gasteiger partial charge in [0.15, 0.2) is 6.04 Å². The molecule has 1 heterocycles. The van der Waals surface area contributed by atoms with Crippen LogP contribution in [0.25, 0.3) is 0 Å². The monoisotopic (exact) mass is 151 g/mol. The summed E-state index contributed by atoms with van der Waals surface area (Å²) in [5.41, 5.74) is -0.410. The van der Waals surface area contributed by atoms with E-state index in [1.807, 2.05) is 0 Å². The third kappa shape index (κ3) is 0.872. The van der Waals surface area contributed by atoms with E-state index in [9.17, 15) is 18.0 Å². The van der Waals surface area contributed by atoms with Crippen molar-refractivity contribution in [2.75, 3.05) is 0 Å². The standard InChI is InChI=1S/C5H4F3NO/c1-2-3(5(6,7)8)9-4(2)10/h3H,1H2,(H,9,10). The van der Waals surface area contributed by atoms with Gasteiger partial charge in [0.05, 0.1) is 0 Å². The maximum atomic E-state index is 11.6. The first-order valence-corrected chi connectivity index (χ1v) is 2.49. The Morgan fingerprint density at radius 2 is 2.00 bits per heavy atom. The van der Waals surface area contributed by atoms with Crippen LogP contribution < -0.4 is 5.32 Å². The number of hydrogen-bond acceptors (Lipinski definition) is 1. The maximum Gasteiger partial charge on any atom is 0.413 e. The lowest BCUT2D eigenvalue weighted by Gasteiger charge is -2.30. The van der Waals surface area contributed by atoms with Gasteiger partial charge in [-0.05, 0) is 0 Å². The average molecular weight is 151 g/mol. The molecular formula is C5H4F3NO. The summed E-state index contributed by atoms with van der Waals surface area (Å²) in [7, 11) is 0. The van der Waals surface area contributed by atoms with Crippen molar-refractivity contribution >= 4 is 5.91 Å². The summed E-state index contributed by atoms with van der Waals surface area (Å²) < 4.78 is 34.9. The maximum absolute atomic E-state index is 11.6. The van der Waals surface area contributed by atoms with E-state index in [0.717, 1.165) is 0 Å². The summed E-state index contributed by atoms with van der Waals surface area (Å²) in [6, 6.07) is -1.82. The molecule has 1 saturated heterocycles. The number of halogens is 3. The van der Waals surface area contributed by atoms with Crippen LogP contribution in [0.5, 0.6) is 0 Å². The number of nitrogens with one attached hydrogen (secondary N) is 1. The second-order valence-corrected chi connectivity index (χ2v) is 1.97. The fourth-order valence-corrected chi connectivity index (χ4v) is 0.644. The van der Waals surface area contributed by atoms with Gasteiger partial charge in [0.25, 0.3) is 0 Å². The van der Waals surface area contributed by atoms with Crippen molar-refractivity contribution in [2.24, 2.45) is 0 Å². The van der Waals surface area contributed by atoms with Crippen LogP contribution in [0.3, 0.4) is 0 Å². The van der Waals surface area contributed by atoms with Gasteiger partial charge in [-0.25, -0.2) is 0 Å². The predicted molar refractivity (Wildman–Crippen MR) is 27.1 cm³/mol. The van der Waals surface area contributed by atoms with Crippen molar-refractivity contribution in [1.82, 2.24) is 5.32 Å². The number of amides is 1. The van der Waals surface area contributed by atoms with Crippen LogP contribution in [-0.4, -0.2) is 18.1 Å². The molecule has 0 aromatic rings. The van der Waals surface area contributed by atoms with Crippen molar-refractivity contribution in [1.29, 1.82) is 0 Å². The zero-order valence-electron chi connectivity index (χ0n) is 4.83. The molecule has 1 rings (SSSR count). The Bertz CT molecular complexity index is 196. The topological polar surface area (TPSA) is 29.1 Å². The molecule has 0 bridgehead atoms. The smallest absolute Gasteiger partial charge is 0.337 e. The van der Waals surface area contributed by atoms with Crippen LogP contribution in [-0.2, 0) is 4.79 Å². The van der Waals surface area contributed by atoms with Crippen molar-refractivity contribution in [3.63, 3.8) is 0 Å². The van der Waals surface area contributed by atoms with Gasteiger partial charge in [0.1, 0.15) is 0 Å². The molecule has 1 fully saturated rings. The molecule has 1 aliphatic rings. The van der Waals surface area contributed by atoms with Gasteiger partial charge in [0, 0.05) is 5.57 Å². The van der Waals surface area contributed by atoms with E-state index in [1.165, 1.54) is 0 Å². The molecule has 1 aliphatic heterocycles. The van der Waals surface area contributed by atoms with E-state index in [4.69, 9.17) is 0 Å². The Morgan fingerprint density at radius 1 is 1.50 bits per heavy atom. The lowest BCUT2D eigenvalue weighted by Crippen LogP contribution is -2.58. The average Bonchev–Trinajstić information content (AvgIpc) is 1.79. The van der Waals surface area contributed by atoms with Crippen LogP contribution in [0.15, 0.2) is 12.2 Å². The third-order valence-corrected chi connectivity index (χ3v) is 1.24. The van der Waals surface area contributed by atoms with Gasteiger partial charge in [-0.15, -0.1) is 0 Å². The van der Waals surface area contributed by atoms with Crippen LogP contribution in [0.2, 0.25) is 0 Å². The fourth-order valence-electron chi connectivity index (χ4n) is 0.644. The van der Waals surface area contributed by atoms with E-state index < -0.39 is 23.7 Å². The highest BCUT2D eigenvalue weighted by Gasteiger charge is 2.50. The van der Waals surface area contributed by atoms with Crippen LogP contribution in [0.1, 0.15) is 0 Å². The van der Waals surface area contributed by atoms with Gasteiger partial charge in [0.2, 0.25) is 5.91 Å². The number of carbonyl (C=O) groups is 1. The second kappa shape index (κ2) is 1.74. The van der Waals surface area contributed by atoms with E-state index in [-0.39, 0.29) is 0 Å². The molecule has 0 aliphatic carbocycles. The summed E-state index contributed by atoms with van der Waals surface area (Å²) >= 11 is 0. The van der Waals surface area contributed by atoms with Crippen LogP contribution >= 0.6 is 0 Å². The fraction of sp³-hybridized carbons (Fsp3) is 0.400.